The quantitative estimate of drug-likeness (QED) is 0.373. The molecule has 6 heteroatoms. The molecule has 2 fully saturated rings. The predicted molar refractivity (Wildman–Crippen MR) is 144 cm³/mol. The lowest BCUT2D eigenvalue weighted by Gasteiger charge is -2.27. The minimum atomic E-state index is -0.579. The van der Waals surface area contributed by atoms with Crippen molar-refractivity contribution in [2.75, 3.05) is 23.3 Å². The van der Waals surface area contributed by atoms with E-state index in [1.54, 1.807) is 12.1 Å². The first-order chi connectivity index (χ1) is 17.3. The number of nitroso groups, excluding NO2 is 1. The lowest BCUT2D eigenvalue weighted by molar-refractivity contribution is -0.121. The Bertz CT molecular complexity index is 1220. The molecule has 0 bridgehead atoms. The molecule has 2 aromatic carbocycles. The molecule has 0 aromatic heterocycles. The van der Waals surface area contributed by atoms with Gasteiger partial charge in [0, 0.05) is 35.9 Å². The van der Waals surface area contributed by atoms with Crippen LogP contribution >= 0.6 is 0 Å². The molecular formula is C30H35N3O3. The number of ketones is 1. The summed E-state index contributed by atoms with van der Waals surface area (Å²) in [6.07, 6.45) is 5.73. The van der Waals surface area contributed by atoms with Gasteiger partial charge in [0.15, 0.2) is 5.78 Å². The van der Waals surface area contributed by atoms with E-state index in [0.717, 1.165) is 30.3 Å². The minimum Gasteiger partial charge on any atom is -0.372 e. The zero-order chi connectivity index (χ0) is 25.4. The Balaban J connectivity index is 1.35. The van der Waals surface area contributed by atoms with Crippen molar-refractivity contribution >= 4 is 28.8 Å². The molecule has 5 rings (SSSR count). The van der Waals surface area contributed by atoms with Gasteiger partial charge in [-0.05, 0) is 84.4 Å². The maximum Gasteiger partial charge on any atom is 0.261 e. The molecule has 188 valence electrons. The van der Waals surface area contributed by atoms with Crippen molar-refractivity contribution in [3.8, 4) is 0 Å². The van der Waals surface area contributed by atoms with Gasteiger partial charge >= 0.3 is 0 Å². The van der Waals surface area contributed by atoms with Gasteiger partial charge in [0.2, 0.25) is 0 Å². The summed E-state index contributed by atoms with van der Waals surface area (Å²) in [5, 5.41) is 5.99. The second kappa shape index (κ2) is 9.64. The molecule has 2 aliphatic carbocycles. The van der Waals surface area contributed by atoms with Gasteiger partial charge in [-0.2, -0.15) is 0 Å². The lowest BCUT2D eigenvalue weighted by atomic mass is 9.76. The van der Waals surface area contributed by atoms with Crippen LogP contribution < -0.4 is 10.2 Å². The molecule has 1 aliphatic heterocycles. The summed E-state index contributed by atoms with van der Waals surface area (Å²) in [5.74, 6) is -0.268. The largest absolute Gasteiger partial charge is 0.372 e. The fourth-order valence-corrected chi connectivity index (χ4v) is 6.27. The summed E-state index contributed by atoms with van der Waals surface area (Å²) < 4.78 is 0. The highest BCUT2D eigenvalue weighted by atomic mass is 16.3. The van der Waals surface area contributed by atoms with Crippen LogP contribution in [0.4, 0.5) is 11.4 Å². The number of amides is 1. The zero-order valence-corrected chi connectivity index (χ0v) is 21.4. The molecule has 0 radical (unpaired) electrons. The van der Waals surface area contributed by atoms with Gasteiger partial charge in [0.1, 0.15) is 11.3 Å². The number of hydrogen-bond acceptors (Lipinski definition) is 5. The van der Waals surface area contributed by atoms with Gasteiger partial charge in [-0.1, -0.05) is 45.0 Å². The van der Waals surface area contributed by atoms with E-state index >= 15 is 0 Å². The average Bonchev–Trinajstić information content (AvgIpc) is 3.57. The smallest absolute Gasteiger partial charge is 0.261 e. The number of nitrogens with one attached hydrogen (secondary N) is 1. The number of carbonyl (C=O) groups is 2. The molecule has 1 spiro atoms. The third-order valence-electron chi connectivity index (χ3n) is 8.49. The number of anilines is 2. The monoisotopic (exact) mass is 485 g/mol. The number of carbonyl (C=O) groups excluding carboxylic acids is 2. The van der Waals surface area contributed by atoms with Crippen LogP contribution in [0.3, 0.4) is 0 Å². The van der Waals surface area contributed by atoms with E-state index in [-0.39, 0.29) is 23.0 Å². The molecule has 1 N–H and O–H groups in total. The van der Waals surface area contributed by atoms with E-state index in [9.17, 15) is 14.5 Å². The van der Waals surface area contributed by atoms with Crippen LogP contribution in [-0.2, 0) is 9.59 Å². The van der Waals surface area contributed by atoms with Crippen molar-refractivity contribution in [2.45, 2.75) is 58.8 Å². The van der Waals surface area contributed by atoms with Crippen LogP contribution in [0.5, 0.6) is 0 Å². The Hall–Kier alpha value is -3.28. The van der Waals surface area contributed by atoms with Crippen LogP contribution in [0.1, 0.15) is 69.9 Å². The summed E-state index contributed by atoms with van der Waals surface area (Å²) in [6, 6.07) is 15.1. The highest BCUT2D eigenvalue weighted by Gasteiger charge is 2.50. The van der Waals surface area contributed by atoms with Crippen molar-refractivity contribution in [3.63, 3.8) is 0 Å². The van der Waals surface area contributed by atoms with Crippen molar-refractivity contribution in [1.82, 2.24) is 0 Å². The second-order valence-electron chi connectivity index (χ2n) is 11.3. The third-order valence-corrected chi connectivity index (χ3v) is 8.49. The summed E-state index contributed by atoms with van der Waals surface area (Å²) in [7, 11) is 0. The Kier molecular flexibility index (Phi) is 6.54. The van der Waals surface area contributed by atoms with Crippen molar-refractivity contribution in [3.05, 3.63) is 70.1 Å². The summed E-state index contributed by atoms with van der Waals surface area (Å²) in [4.78, 5) is 41.1. The van der Waals surface area contributed by atoms with Gasteiger partial charge in [0.25, 0.3) is 5.91 Å². The SMILES string of the molecule is CC(C)CC1C(=O)C(C(=O)Nc2ccc(N3CCCC4(CC3)CC4C)cc2)=C(N=O)c2ccccc21. The van der Waals surface area contributed by atoms with E-state index in [1.807, 2.05) is 50.2 Å². The first kappa shape index (κ1) is 24.4. The topological polar surface area (TPSA) is 78.8 Å². The van der Waals surface area contributed by atoms with Gasteiger partial charge in [-0.25, -0.2) is 0 Å². The molecule has 1 saturated heterocycles. The van der Waals surface area contributed by atoms with Crippen LogP contribution in [0, 0.1) is 22.2 Å². The van der Waals surface area contributed by atoms with E-state index in [2.05, 4.69) is 22.3 Å². The fourth-order valence-electron chi connectivity index (χ4n) is 6.27. The summed E-state index contributed by atoms with van der Waals surface area (Å²) in [5.41, 5.74) is 3.43. The van der Waals surface area contributed by atoms with Crippen LogP contribution in [0.25, 0.3) is 5.70 Å². The molecule has 1 saturated carbocycles. The first-order valence-corrected chi connectivity index (χ1v) is 13.2. The van der Waals surface area contributed by atoms with Crippen LogP contribution in [0.2, 0.25) is 0 Å². The Morgan fingerprint density at radius 3 is 2.50 bits per heavy atom. The molecule has 1 amide bonds. The van der Waals surface area contributed by atoms with E-state index < -0.39 is 11.8 Å². The average molecular weight is 486 g/mol. The van der Waals surface area contributed by atoms with Crippen LogP contribution in [0.15, 0.2) is 59.3 Å². The molecule has 3 unspecified atom stereocenters. The maximum absolute atomic E-state index is 13.5. The standard InChI is InChI=1S/C30H35N3O3/c1-19(2)17-25-23-7-4-5-8-24(23)27(32-36)26(28(25)34)29(35)31-21-9-11-22(12-10-21)33-15-6-13-30(14-16-33)18-20(30)3/h4-5,7-12,19-20,25H,6,13-18H2,1-3H3,(H,31,35). The first-order valence-electron chi connectivity index (χ1n) is 13.2. The third kappa shape index (κ3) is 4.49. The zero-order valence-electron chi connectivity index (χ0n) is 21.4. The second-order valence-corrected chi connectivity index (χ2v) is 11.3. The molecule has 3 atom stereocenters. The fraction of sp³-hybridized carbons (Fsp3) is 0.467. The van der Waals surface area contributed by atoms with Crippen molar-refractivity contribution in [2.24, 2.45) is 22.4 Å². The van der Waals surface area contributed by atoms with Gasteiger partial charge in [-0.15, -0.1) is 4.91 Å². The Morgan fingerprint density at radius 2 is 1.83 bits per heavy atom. The normalized spacial score (nSPS) is 25.6. The lowest BCUT2D eigenvalue weighted by Crippen LogP contribution is -2.30. The summed E-state index contributed by atoms with van der Waals surface area (Å²) >= 11 is 0. The van der Waals surface area contributed by atoms with Crippen molar-refractivity contribution in [1.29, 1.82) is 0 Å². The number of fused-ring (bicyclic) bond motifs is 1. The summed E-state index contributed by atoms with van der Waals surface area (Å²) in [6.45, 7) is 8.57. The molecule has 6 nitrogen and oxygen atoms in total. The highest BCUT2D eigenvalue weighted by molar-refractivity contribution is 6.30. The van der Waals surface area contributed by atoms with Crippen LogP contribution in [-0.4, -0.2) is 24.8 Å². The Labute approximate surface area is 213 Å². The van der Waals surface area contributed by atoms with E-state index in [0.29, 0.717) is 23.1 Å². The van der Waals surface area contributed by atoms with Crippen molar-refractivity contribution < 1.29 is 9.59 Å². The number of rotatable bonds is 6. The van der Waals surface area contributed by atoms with Gasteiger partial charge in [0.05, 0.1) is 0 Å². The number of nitrogens with zero attached hydrogens (tertiary/aromatic N) is 2. The van der Waals surface area contributed by atoms with Gasteiger partial charge < -0.3 is 10.2 Å². The maximum atomic E-state index is 13.5. The number of benzene rings is 2. The number of hydrogen-bond donors (Lipinski definition) is 1. The number of Topliss-reactive ketones (excluding diaryl/α,β-unsaturated/α-hetero) is 1. The minimum absolute atomic E-state index is 0.0717. The van der Waals surface area contributed by atoms with E-state index in [1.165, 1.54) is 25.7 Å². The van der Waals surface area contributed by atoms with Gasteiger partial charge in [-0.3, -0.25) is 9.59 Å². The molecule has 36 heavy (non-hydrogen) atoms. The Morgan fingerprint density at radius 1 is 1.11 bits per heavy atom. The molecule has 3 aliphatic rings. The highest BCUT2D eigenvalue weighted by Crippen LogP contribution is 2.59. The van der Waals surface area contributed by atoms with E-state index in [4.69, 9.17) is 0 Å². The molecule has 2 aromatic rings. The molecule has 1 heterocycles. The predicted octanol–water partition coefficient (Wildman–Crippen LogP) is 6.53. The molecular weight excluding hydrogens is 450 g/mol.